The maximum absolute atomic E-state index is 13.5. The van der Waals surface area contributed by atoms with Crippen LogP contribution in [0.4, 0.5) is 4.79 Å². The predicted octanol–water partition coefficient (Wildman–Crippen LogP) is 8.15. The van der Waals surface area contributed by atoms with E-state index < -0.39 is 5.60 Å². The van der Waals surface area contributed by atoms with Crippen molar-refractivity contribution < 1.29 is 18.8 Å². The van der Waals surface area contributed by atoms with Gasteiger partial charge in [-0.2, -0.15) is 0 Å². The van der Waals surface area contributed by atoms with Crippen molar-refractivity contribution in [3.63, 3.8) is 0 Å². The van der Waals surface area contributed by atoms with Crippen molar-refractivity contribution in [2.75, 3.05) is 7.11 Å². The molecule has 0 N–H and O–H groups in total. The van der Waals surface area contributed by atoms with Gasteiger partial charge in [0.2, 0.25) is 0 Å². The van der Waals surface area contributed by atoms with E-state index in [9.17, 15) is 4.79 Å². The topological polar surface area (TPSA) is 66.5 Å². The first kappa shape index (κ1) is 28.2. The number of carbonyl (C=O) groups excluding carboxylic acids is 1. The first-order valence-electron chi connectivity index (χ1n) is 12.8. The Kier molecular flexibility index (Phi) is 9.75. The van der Waals surface area contributed by atoms with E-state index in [1.165, 1.54) is 5.56 Å². The molecular formula is C29H42N2O4. The van der Waals surface area contributed by atoms with Gasteiger partial charge in [-0.05, 0) is 83.6 Å². The fraction of sp³-hybridized carbons (Fsp3) is 0.517. The zero-order chi connectivity index (χ0) is 26.3. The number of carbonyl (C=O) groups is 1. The third kappa shape index (κ3) is 5.98. The minimum atomic E-state index is -0.598. The fourth-order valence-electron chi connectivity index (χ4n) is 4.43. The standard InChI is InChI=1S/C25H30N2O4.2C2H6/c1-15-21(16(2)31-26-15)23-22(17-11-13-18(29-6)14-12-17)19-9-7-8-10-20(19)27(23)24(28)30-25(3,4)5;2*1-2/h11-14H,7-10H2,1-6H3;2*1-2H3. The molecule has 0 spiro atoms. The van der Waals surface area contributed by atoms with E-state index in [1.54, 1.807) is 11.7 Å². The van der Waals surface area contributed by atoms with Crippen LogP contribution in [0.1, 0.15) is 84.0 Å². The molecule has 0 aliphatic heterocycles. The molecule has 192 valence electrons. The summed E-state index contributed by atoms with van der Waals surface area (Å²) in [5.41, 5.74) is 6.15. The number of nitrogens with zero attached hydrogens (tertiary/aromatic N) is 2. The van der Waals surface area contributed by atoms with Gasteiger partial charge in [-0.1, -0.05) is 45.0 Å². The number of benzene rings is 1. The molecule has 0 unspecified atom stereocenters. The molecule has 3 aromatic rings. The second-order valence-electron chi connectivity index (χ2n) is 9.10. The Hall–Kier alpha value is -3.02. The lowest BCUT2D eigenvalue weighted by Crippen LogP contribution is -2.29. The summed E-state index contributed by atoms with van der Waals surface area (Å²) in [6.07, 6.45) is 3.53. The molecule has 0 amide bonds. The molecule has 0 saturated carbocycles. The largest absolute Gasteiger partial charge is 0.497 e. The monoisotopic (exact) mass is 482 g/mol. The lowest BCUT2D eigenvalue weighted by Gasteiger charge is -2.22. The summed E-state index contributed by atoms with van der Waals surface area (Å²) in [5, 5.41) is 4.18. The molecule has 1 aromatic carbocycles. The Morgan fingerprint density at radius 3 is 2.09 bits per heavy atom. The van der Waals surface area contributed by atoms with E-state index in [-0.39, 0.29) is 6.09 Å². The van der Waals surface area contributed by atoms with Gasteiger partial charge in [-0.25, -0.2) is 9.36 Å². The summed E-state index contributed by atoms with van der Waals surface area (Å²) >= 11 is 0. The molecule has 35 heavy (non-hydrogen) atoms. The van der Waals surface area contributed by atoms with Crippen LogP contribution < -0.4 is 4.74 Å². The van der Waals surface area contributed by atoms with Crippen LogP contribution in [0.15, 0.2) is 28.8 Å². The molecular weight excluding hydrogens is 440 g/mol. The van der Waals surface area contributed by atoms with Gasteiger partial charge in [-0.3, -0.25) is 0 Å². The van der Waals surface area contributed by atoms with E-state index in [4.69, 9.17) is 14.0 Å². The number of aryl methyl sites for hydroxylation is 2. The SMILES string of the molecule is CC.CC.COc1ccc(-c2c3c(n(C(=O)OC(C)(C)C)c2-c2c(C)noc2C)CCCC3)cc1. The van der Waals surface area contributed by atoms with Gasteiger partial charge in [0.05, 0.1) is 24.1 Å². The van der Waals surface area contributed by atoms with Gasteiger partial charge in [0.15, 0.2) is 0 Å². The lowest BCUT2D eigenvalue weighted by atomic mass is 9.90. The summed E-state index contributed by atoms with van der Waals surface area (Å²) in [7, 11) is 1.66. The van der Waals surface area contributed by atoms with Crippen LogP contribution in [0.25, 0.3) is 22.4 Å². The Balaban J connectivity index is 0.00000103. The van der Waals surface area contributed by atoms with Crippen molar-refractivity contribution in [1.82, 2.24) is 9.72 Å². The molecule has 6 heteroatoms. The number of fused-ring (bicyclic) bond motifs is 1. The maximum Gasteiger partial charge on any atom is 0.419 e. The maximum atomic E-state index is 13.5. The highest BCUT2D eigenvalue weighted by Crippen LogP contribution is 2.44. The van der Waals surface area contributed by atoms with Gasteiger partial charge < -0.3 is 14.0 Å². The number of methoxy groups -OCH3 is 1. The first-order valence-corrected chi connectivity index (χ1v) is 12.8. The predicted molar refractivity (Wildman–Crippen MR) is 142 cm³/mol. The highest BCUT2D eigenvalue weighted by molar-refractivity contribution is 5.93. The summed E-state index contributed by atoms with van der Waals surface area (Å²) in [5.74, 6) is 1.48. The second kappa shape index (κ2) is 12.1. The normalized spacial score (nSPS) is 12.5. The number of aromatic nitrogens is 2. The van der Waals surface area contributed by atoms with Crippen LogP contribution in [-0.2, 0) is 17.6 Å². The molecule has 0 radical (unpaired) electrons. The molecule has 0 fully saturated rings. The van der Waals surface area contributed by atoms with Crippen LogP contribution >= 0.6 is 0 Å². The van der Waals surface area contributed by atoms with Crippen molar-refractivity contribution in [1.29, 1.82) is 0 Å². The number of hydrogen-bond donors (Lipinski definition) is 0. The van der Waals surface area contributed by atoms with Gasteiger partial charge in [-0.15, -0.1) is 0 Å². The van der Waals surface area contributed by atoms with Crippen molar-refractivity contribution in [2.24, 2.45) is 0 Å². The quantitative estimate of drug-likeness (QED) is 0.377. The average molecular weight is 483 g/mol. The van der Waals surface area contributed by atoms with E-state index >= 15 is 0 Å². The first-order chi connectivity index (χ1) is 16.7. The zero-order valence-corrected chi connectivity index (χ0v) is 23.2. The van der Waals surface area contributed by atoms with Crippen LogP contribution in [0.3, 0.4) is 0 Å². The fourth-order valence-corrected chi connectivity index (χ4v) is 4.43. The third-order valence-electron chi connectivity index (χ3n) is 5.70. The second-order valence-corrected chi connectivity index (χ2v) is 9.10. The molecule has 6 nitrogen and oxygen atoms in total. The molecule has 0 saturated heterocycles. The van der Waals surface area contributed by atoms with E-state index in [2.05, 4.69) is 5.16 Å². The Morgan fingerprint density at radius 1 is 0.971 bits per heavy atom. The number of hydrogen-bond acceptors (Lipinski definition) is 5. The average Bonchev–Trinajstić information content (AvgIpc) is 3.36. The molecule has 1 aliphatic carbocycles. The van der Waals surface area contributed by atoms with E-state index in [0.29, 0.717) is 5.76 Å². The summed E-state index contributed by atoms with van der Waals surface area (Å²) < 4.78 is 18.5. The summed E-state index contributed by atoms with van der Waals surface area (Å²) in [6.45, 7) is 17.5. The van der Waals surface area contributed by atoms with Gasteiger partial charge in [0.25, 0.3) is 0 Å². The van der Waals surface area contributed by atoms with Gasteiger partial charge in [0.1, 0.15) is 17.1 Å². The number of rotatable bonds is 3. The van der Waals surface area contributed by atoms with E-state index in [0.717, 1.165) is 65.2 Å². The molecule has 0 atom stereocenters. The minimum Gasteiger partial charge on any atom is -0.497 e. The molecule has 0 bridgehead atoms. The third-order valence-corrected chi connectivity index (χ3v) is 5.70. The molecule has 1 aliphatic rings. The van der Waals surface area contributed by atoms with Crippen molar-refractivity contribution in [3.05, 3.63) is 47.0 Å². The smallest absolute Gasteiger partial charge is 0.419 e. The van der Waals surface area contributed by atoms with Crippen LogP contribution in [0.5, 0.6) is 5.75 Å². The zero-order valence-electron chi connectivity index (χ0n) is 23.2. The summed E-state index contributed by atoms with van der Waals surface area (Å²) in [4.78, 5) is 13.5. The Morgan fingerprint density at radius 2 is 1.57 bits per heavy atom. The molecule has 2 heterocycles. The Bertz CT molecular complexity index is 1100. The highest BCUT2D eigenvalue weighted by Gasteiger charge is 2.33. The minimum absolute atomic E-state index is 0.361. The molecule has 2 aromatic heterocycles. The van der Waals surface area contributed by atoms with Gasteiger partial charge >= 0.3 is 6.09 Å². The van der Waals surface area contributed by atoms with Gasteiger partial charge in [0, 0.05) is 11.3 Å². The summed E-state index contributed by atoms with van der Waals surface area (Å²) in [6, 6.07) is 7.99. The Labute approximate surface area is 210 Å². The van der Waals surface area contributed by atoms with Crippen molar-refractivity contribution >= 4 is 6.09 Å². The highest BCUT2D eigenvalue weighted by atomic mass is 16.6. The van der Waals surface area contributed by atoms with Crippen LogP contribution in [-0.4, -0.2) is 28.5 Å². The lowest BCUT2D eigenvalue weighted by molar-refractivity contribution is 0.0535. The van der Waals surface area contributed by atoms with Crippen molar-refractivity contribution in [3.8, 4) is 28.1 Å². The number of ether oxygens (including phenoxy) is 2. The molecule has 4 rings (SSSR count). The van der Waals surface area contributed by atoms with Crippen molar-refractivity contribution in [2.45, 2.75) is 93.6 Å². The van der Waals surface area contributed by atoms with E-state index in [1.807, 2.05) is 86.6 Å². The van der Waals surface area contributed by atoms with Crippen LogP contribution in [0.2, 0.25) is 0 Å². The van der Waals surface area contributed by atoms with Crippen LogP contribution in [0, 0.1) is 13.8 Å².